The molecule has 0 amide bonds. The summed E-state index contributed by atoms with van der Waals surface area (Å²) in [5.41, 5.74) is 10.4. The van der Waals surface area contributed by atoms with Gasteiger partial charge in [-0.1, -0.05) is 18.2 Å². The van der Waals surface area contributed by atoms with Crippen LogP contribution in [0.25, 0.3) is 10.4 Å². The second kappa shape index (κ2) is 20.6. The van der Waals surface area contributed by atoms with E-state index in [-0.39, 0.29) is 44.4 Å². The molecule has 6 unspecified atom stereocenters. The number of nitrogens with zero attached hydrogens (tertiary/aromatic N) is 3. The molecule has 2 heterocycles. The van der Waals surface area contributed by atoms with Crippen LogP contribution in [0.3, 0.4) is 0 Å². The van der Waals surface area contributed by atoms with Gasteiger partial charge in [0, 0.05) is 0 Å². The van der Waals surface area contributed by atoms with E-state index in [0.717, 1.165) is 23.0 Å². The molecule has 0 spiro atoms. The van der Waals surface area contributed by atoms with E-state index in [1.54, 1.807) is 6.89 Å². The minimum atomic E-state index is -2.93. The van der Waals surface area contributed by atoms with Crippen LogP contribution in [0.5, 0.6) is 0 Å². The molecule has 285 valence electrons. The van der Waals surface area contributed by atoms with Gasteiger partial charge in [-0.25, -0.2) is 0 Å². The number of carbonyl (C=O) groups excluding carboxylic acids is 2. The molecule has 12 nitrogen and oxygen atoms in total. The van der Waals surface area contributed by atoms with Crippen molar-refractivity contribution < 1.29 is 42.8 Å². The van der Waals surface area contributed by atoms with Gasteiger partial charge in [-0.3, -0.25) is 0 Å². The van der Waals surface area contributed by atoms with Crippen molar-refractivity contribution in [3.63, 3.8) is 0 Å². The number of rotatable bonds is 14. The standard InChI is InChI=1S/C37H49B2N3O7PSi.CO2/c1-24-30(23-46-51(37(4,5)6,28-18-12-8-13-19-28)29-20-14-9-15-21-29)48-36(31(41-42-40)35(24)50-39-38-44)49-33-26(3)47-25(2)32(43)34(33)45-22-27-16-10-7-11-17-27;2-1-3/h7-21,24-26,30-36,43,50H,22-23H2,1-6H3;/t24-,25+,26?,30?,31?,32?,33?,34+,35+,36-;/m1./s1. The Hall–Kier alpha value is -3.31. The van der Waals surface area contributed by atoms with Gasteiger partial charge in [0.1, 0.15) is 0 Å². The Bertz CT molecular complexity index is 1650. The molecule has 54 heavy (non-hydrogen) atoms. The molecule has 3 aromatic rings. The number of benzene rings is 3. The summed E-state index contributed by atoms with van der Waals surface area (Å²) in [6.45, 7) is 14.5. The first-order valence-electron chi connectivity index (χ1n) is 18.0. The Morgan fingerprint density at radius 3 is 1.98 bits per heavy atom. The van der Waals surface area contributed by atoms with Crippen molar-refractivity contribution in [1.29, 1.82) is 0 Å². The molecule has 5 rings (SSSR count). The van der Waals surface area contributed by atoms with Crippen molar-refractivity contribution in [1.82, 2.24) is 0 Å². The molecule has 16 heteroatoms. The predicted molar refractivity (Wildman–Crippen MR) is 210 cm³/mol. The zero-order chi connectivity index (χ0) is 39.3. The fourth-order valence-corrected chi connectivity index (χ4v) is 13.3. The molecule has 2 fully saturated rings. The van der Waals surface area contributed by atoms with Crippen LogP contribution in [0.2, 0.25) is 5.04 Å². The van der Waals surface area contributed by atoms with E-state index in [0.29, 0.717) is 0 Å². The van der Waals surface area contributed by atoms with Gasteiger partial charge < -0.3 is 0 Å². The van der Waals surface area contributed by atoms with Crippen LogP contribution in [0.4, 0.5) is 0 Å². The number of aliphatic hydroxyl groups is 1. The number of azide groups is 1. The molecule has 3 aromatic carbocycles. The number of hydrogen-bond acceptors (Lipinski definition) is 10. The Kier molecular flexibility index (Phi) is 16.5. The zero-order valence-corrected chi connectivity index (χ0v) is 33.6. The minimum Gasteiger partial charge on any atom is -0.186 e. The van der Waals surface area contributed by atoms with Gasteiger partial charge in [-0.2, -0.15) is 9.59 Å². The summed E-state index contributed by atoms with van der Waals surface area (Å²) in [4.78, 5) is 19.4. The van der Waals surface area contributed by atoms with Crippen LogP contribution in [0.15, 0.2) is 96.1 Å². The van der Waals surface area contributed by atoms with Crippen LogP contribution in [0, 0.1) is 5.92 Å². The number of aliphatic hydroxyl groups excluding tert-OH is 1. The molecule has 2 aliphatic heterocycles. The van der Waals surface area contributed by atoms with E-state index in [1.807, 2.05) is 56.3 Å². The maximum Gasteiger partial charge on any atom is 0.373 e. The van der Waals surface area contributed by atoms with Gasteiger partial charge in [-0.05, 0) is 0 Å². The zero-order valence-electron chi connectivity index (χ0n) is 31.6. The first-order chi connectivity index (χ1) is 25.9. The van der Waals surface area contributed by atoms with Gasteiger partial charge in [0.05, 0.1) is 0 Å². The quantitative estimate of drug-likeness (QED) is 0.0798. The topological polar surface area (TPSA) is 166 Å². The number of hydrogen-bond donors (Lipinski definition) is 1. The third-order valence-electron chi connectivity index (χ3n) is 10.1. The first kappa shape index (κ1) is 43.4. The molecule has 0 aromatic heterocycles. The van der Waals surface area contributed by atoms with E-state index in [2.05, 4.69) is 86.3 Å². The SMILES string of the molecule is CC1O[C@@H](C)C(O)[C@H](OCc2ccccc2)C1O[C@H]1OC(CO[Si](c2ccccc2)(c2ccccc2)C(C)(C)C)[C@@H](C)[C@H](P[B]B=O)C1N=[N+]=[N-].O=C=O. The van der Waals surface area contributed by atoms with Crippen LogP contribution >= 0.6 is 8.46 Å². The average molecular weight is 773 g/mol. The molecule has 2 aliphatic rings. The third kappa shape index (κ3) is 10.3. The maximum atomic E-state index is 11.6. The summed E-state index contributed by atoms with van der Waals surface area (Å²) in [7, 11) is -2.10. The predicted octanol–water partition coefficient (Wildman–Crippen LogP) is 4.79. The minimum absolute atomic E-state index is 0.0481. The van der Waals surface area contributed by atoms with Crippen molar-refractivity contribution in [2.24, 2.45) is 11.0 Å². The molecule has 0 bridgehead atoms. The molecule has 2 saturated heterocycles. The Morgan fingerprint density at radius 2 is 1.46 bits per heavy atom. The van der Waals surface area contributed by atoms with Crippen molar-refractivity contribution in [2.45, 2.75) is 108 Å². The van der Waals surface area contributed by atoms with Crippen LogP contribution < -0.4 is 10.4 Å². The summed E-state index contributed by atoms with van der Waals surface area (Å²) in [6.07, 6.45) is -4.72. The van der Waals surface area contributed by atoms with E-state index in [4.69, 9.17) is 33.0 Å². The number of ether oxygens (including phenoxy) is 4. The van der Waals surface area contributed by atoms with Crippen molar-refractivity contribution in [3.05, 3.63) is 107 Å². The average Bonchev–Trinajstić information content (AvgIpc) is 3.16. The van der Waals surface area contributed by atoms with Crippen LogP contribution in [0.1, 0.15) is 47.1 Å². The molecular formula is C38H49B2N3O9PSi. The molecule has 1 radical (unpaired) electrons. The Balaban J connectivity index is 0.00000209. The van der Waals surface area contributed by atoms with Crippen molar-refractivity contribution in [2.75, 3.05) is 6.61 Å². The van der Waals surface area contributed by atoms with Crippen molar-refractivity contribution in [3.8, 4) is 0 Å². The van der Waals surface area contributed by atoms with Gasteiger partial charge in [0.15, 0.2) is 0 Å². The second-order valence-electron chi connectivity index (χ2n) is 14.5. The van der Waals surface area contributed by atoms with Gasteiger partial charge in [0.25, 0.3) is 0 Å². The van der Waals surface area contributed by atoms with Crippen LogP contribution in [-0.2, 0) is 44.3 Å². The third-order valence-corrected chi connectivity index (χ3v) is 16.7. The Morgan fingerprint density at radius 1 is 0.907 bits per heavy atom. The monoisotopic (exact) mass is 772 g/mol. The van der Waals surface area contributed by atoms with Gasteiger partial charge in [-0.15, -0.1) is 0 Å². The van der Waals surface area contributed by atoms with E-state index in [1.165, 1.54) is 0 Å². The molecule has 0 saturated carbocycles. The maximum absolute atomic E-state index is 11.6. The molecular weight excluding hydrogens is 723 g/mol. The summed E-state index contributed by atoms with van der Waals surface area (Å²) in [6, 6.07) is 29.8. The summed E-state index contributed by atoms with van der Waals surface area (Å²) < 4.78 is 45.0. The normalized spacial score (nSPS) is 28.5. The fraction of sp³-hybridized carbons (Fsp3) is 0.500. The fourth-order valence-electron chi connectivity index (χ4n) is 7.48. The van der Waals surface area contributed by atoms with E-state index < -0.39 is 57.3 Å². The molecule has 0 aliphatic carbocycles. The van der Waals surface area contributed by atoms with Gasteiger partial charge in [0.2, 0.25) is 0 Å². The first-order valence-corrected chi connectivity index (χ1v) is 21.1. The molecule has 1 N–H and O–H groups in total. The van der Waals surface area contributed by atoms with Gasteiger partial charge >= 0.3 is 295 Å². The second-order valence-corrected chi connectivity index (χ2v) is 20.2. The van der Waals surface area contributed by atoms with E-state index >= 15 is 0 Å². The molecule has 11 atom stereocenters. The van der Waals surface area contributed by atoms with Crippen molar-refractivity contribution >= 4 is 47.2 Å². The smallest absolute Gasteiger partial charge is 0.186 e. The largest absolute Gasteiger partial charge is 0.373 e. The summed E-state index contributed by atoms with van der Waals surface area (Å²) in [5, 5.41) is 17.6. The van der Waals surface area contributed by atoms with Crippen LogP contribution in [-0.4, -0.2) is 94.7 Å². The van der Waals surface area contributed by atoms with E-state index in [9.17, 15) is 15.3 Å². The Labute approximate surface area is 321 Å². The summed E-state index contributed by atoms with van der Waals surface area (Å²) in [5.74, 6) is -0.163. The summed E-state index contributed by atoms with van der Waals surface area (Å²) >= 11 is 0.